The van der Waals surface area contributed by atoms with E-state index in [9.17, 15) is 9.90 Å². The van der Waals surface area contributed by atoms with Gasteiger partial charge >= 0.3 is 5.97 Å². The van der Waals surface area contributed by atoms with Crippen molar-refractivity contribution in [1.29, 1.82) is 0 Å². The third kappa shape index (κ3) is 1.58. The molecule has 0 fully saturated rings. The van der Waals surface area contributed by atoms with Crippen molar-refractivity contribution in [1.82, 2.24) is 0 Å². The highest BCUT2D eigenvalue weighted by molar-refractivity contribution is 5.87. The Morgan fingerprint density at radius 2 is 2.27 bits per heavy atom. The van der Waals surface area contributed by atoms with Gasteiger partial charge in [0.2, 0.25) is 0 Å². The van der Waals surface area contributed by atoms with Crippen molar-refractivity contribution in [3.63, 3.8) is 0 Å². The summed E-state index contributed by atoms with van der Waals surface area (Å²) < 4.78 is 0. The Labute approximate surface area is 86.9 Å². The first-order valence-corrected chi connectivity index (χ1v) is 4.68. The summed E-state index contributed by atoms with van der Waals surface area (Å²) in [6.45, 7) is 1.79. The number of carbonyl (C=O) groups is 1. The lowest BCUT2D eigenvalue weighted by molar-refractivity contribution is -0.137. The smallest absolute Gasteiger partial charge is 0.304 e. The fourth-order valence-electron chi connectivity index (χ4n) is 1.73. The monoisotopic (exact) mass is 205 g/mol. The Balaban J connectivity index is 2.40. The van der Waals surface area contributed by atoms with Gasteiger partial charge in [-0.15, -0.1) is 0 Å². The fourth-order valence-corrected chi connectivity index (χ4v) is 1.73. The van der Waals surface area contributed by atoms with Gasteiger partial charge in [0.05, 0.1) is 6.42 Å². The first-order valence-electron chi connectivity index (χ1n) is 4.68. The standard InChI is InChI=1S/C11H11NO3/c1-6-2-3-8-7(4-9(13)14)5-12-10(8)11(6)15/h2-3,5,7,15H,4H2,1H3,(H,13,14). The summed E-state index contributed by atoms with van der Waals surface area (Å²) in [6.07, 6.45) is 1.59. The number of aliphatic imine (C=N–C) groups is 1. The van der Waals surface area contributed by atoms with E-state index in [4.69, 9.17) is 5.11 Å². The molecule has 1 aliphatic heterocycles. The summed E-state index contributed by atoms with van der Waals surface area (Å²) in [5, 5.41) is 18.4. The lowest BCUT2D eigenvalue weighted by Crippen LogP contribution is -2.04. The van der Waals surface area contributed by atoms with Crippen molar-refractivity contribution in [2.24, 2.45) is 4.99 Å². The minimum Gasteiger partial charge on any atom is -0.505 e. The number of hydrogen-bond donors (Lipinski definition) is 2. The summed E-state index contributed by atoms with van der Waals surface area (Å²) in [4.78, 5) is 14.6. The van der Waals surface area contributed by atoms with Gasteiger partial charge in [0.15, 0.2) is 0 Å². The largest absolute Gasteiger partial charge is 0.505 e. The van der Waals surface area contributed by atoms with Crippen LogP contribution in [0.25, 0.3) is 0 Å². The van der Waals surface area contributed by atoms with Crippen LogP contribution in [0.4, 0.5) is 5.69 Å². The van der Waals surface area contributed by atoms with Gasteiger partial charge in [-0.3, -0.25) is 9.79 Å². The molecule has 1 unspecified atom stereocenters. The topological polar surface area (TPSA) is 69.9 Å². The molecule has 2 N–H and O–H groups in total. The number of nitrogens with zero attached hydrogens (tertiary/aromatic N) is 1. The Morgan fingerprint density at radius 1 is 1.53 bits per heavy atom. The molecule has 1 aliphatic rings. The number of aliphatic carboxylic acids is 1. The van der Waals surface area contributed by atoms with Crippen molar-refractivity contribution in [2.45, 2.75) is 19.3 Å². The molecule has 0 spiro atoms. The second-order valence-electron chi connectivity index (χ2n) is 3.65. The number of rotatable bonds is 2. The predicted octanol–water partition coefficient (Wildman–Crippen LogP) is 1.97. The number of aryl methyl sites for hydroxylation is 1. The van der Waals surface area contributed by atoms with Crippen LogP contribution in [0.2, 0.25) is 0 Å². The number of phenols is 1. The molecule has 78 valence electrons. The molecule has 0 saturated carbocycles. The second-order valence-corrected chi connectivity index (χ2v) is 3.65. The molecule has 0 aliphatic carbocycles. The molecular weight excluding hydrogens is 194 g/mol. The molecule has 0 bridgehead atoms. The van der Waals surface area contributed by atoms with Gasteiger partial charge in [0.25, 0.3) is 0 Å². The van der Waals surface area contributed by atoms with E-state index in [1.807, 2.05) is 6.07 Å². The molecule has 0 aromatic heterocycles. The Kier molecular flexibility index (Phi) is 2.19. The zero-order valence-corrected chi connectivity index (χ0v) is 8.27. The van der Waals surface area contributed by atoms with Gasteiger partial charge in [0, 0.05) is 12.1 Å². The van der Waals surface area contributed by atoms with Crippen molar-refractivity contribution < 1.29 is 15.0 Å². The summed E-state index contributed by atoms with van der Waals surface area (Å²) in [5.74, 6) is -0.931. The summed E-state index contributed by atoms with van der Waals surface area (Å²) in [7, 11) is 0. The molecule has 0 saturated heterocycles. The van der Waals surface area contributed by atoms with E-state index in [-0.39, 0.29) is 18.1 Å². The number of fused-ring (bicyclic) bond motifs is 1. The lowest BCUT2D eigenvalue weighted by atomic mass is 9.96. The molecule has 1 aromatic rings. The molecule has 1 heterocycles. The van der Waals surface area contributed by atoms with Gasteiger partial charge in [-0.25, -0.2) is 0 Å². The van der Waals surface area contributed by atoms with Gasteiger partial charge in [-0.2, -0.15) is 0 Å². The van der Waals surface area contributed by atoms with Crippen LogP contribution in [0.3, 0.4) is 0 Å². The molecular formula is C11H11NO3. The van der Waals surface area contributed by atoms with Crippen molar-refractivity contribution in [3.8, 4) is 5.75 Å². The number of carboxylic acids is 1. The van der Waals surface area contributed by atoms with E-state index >= 15 is 0 Å². The van der Waals surface area contributed by atoms with Gasteiger partial charge in [0.1, 0.15) is 11.4 Å². The molecule has 4 nitrogen and oxygen atoms in total. The normalized spacial score (nSPS) is 17.8. The molecule has 2 rings (SSSR count). The molecule has 15 heavy (non-hydrogen) atoms. The van der Waals surface area contributed by atoms with Crippen LogP contribution in [-0.2, 0) is 4.79 Å². The van der Waals surface area contributed by atoms with Crippen LogP contribution < -0.4 is 0 Å². The van der Waals surface area contributed by atoms with Crippen LogP contribution in [0.1, 0.15) is 23.5 Å². The zero-order chi connectivity index (χ0) is 11.0. The maximum Gasteiger partial charge on any atom is 0.304 e. The molecule has 0 radical (unpaired) electrons. The highest BCUT2D eigenvalue weighted by Gasteiger charge is 2.24. The summed E-state index contributed by atoms with van der Waals surface area (Å²) in [5.41, 5.74) is 2.06. The molecule has 1 atom stereocenters. The highest BCUT2D eigenvalue weighted by Crippen LogP contribution is 2.41. The number of aromatic hydroxyl groups is 1. The zero-order valence-electron chi connectivity index (χ0n) is 8.27. The van der Waals surface area contributed by atoms with Gasteiger partial charge in [-0.1, -0.05) is 12.1 Å². The van der Waals surface area contributed by atoms with Gasteiger partial charge in [-0.05, 0) is 18.1 Å². The lowest BCUT2D eigenvalue weighted by Gasteiger charge is -2.08. The van der Waals surface area contributed by atoms with Crippen LogP contribution >= 0.6 is 0 Å². The van der Waals surface area contributed by atoms with E-state index in [1.54, 1.807) is 19.2 Å². The third-order valence-corrected chi connectivity index (χ3v) is 2.56. The third-order valence-electron chi connectivity index (χ3n) is 2.56. The van der Waals surface area contributed by atoms with E-state index < -0.39 is 5.97 Å². The van der Waals surface area contributed by atoms with Crippen molar-refractivity contribution in [3.05, 3.63) is 23.3 Å². The molecule has 1 aromatic carbocycles. The average molecular weight is 205 g/mol. The van der Waals surface area contributed by atoms with E-state index in [0.717, 1.165) is 11.1 Å². The van der Waals surface area contributed by atoms with Crippen molar-refractivity contribution >= 4 is 17.9 Å². The Morgan fingerprint density at radius 3 is 2.93 bits per heavy atom. The Bertz CT molecular complexity index is 451. The van der Waals surface area contributed by atoms with E-state index in [1.165, 1.54) is 0 Å². The van der Waals surface area contributed by atoms with E-state index in [2.05, 4.69) is 4.99 Å². The maximum absolute atomic E-state index is 10.6. The summed E-state index contributed by atoms with van der Waals surface area (Å²) in [6, 6.07) is 3.60. The molecule has 4 heteroatoms. The Hall–Kier alpha value is -1.84. The highest BCUT2D eigenvalue weighted by atomic mass is 16.4. The van der Waals surface area contributed by atoms with Crippen LogP contribution in [0, 0.1) is 6.92 Å². The van der Waals surface area contributed by atoms with E-state index in [0.29, 0.717) is 5.69 Å². The van der Waals surface area contributed by atoms with Crippen LogP contribution in [0.15, 0.2) is 17.1 Å². The number of carboxylic acid groups (broad SMARTS) is 1. The summed E-state index contributed by atoms with van der Waals surface area (Å²) >= 11 is 0. The minimum atomic E-state index is -0.862. The number of benzene rings is 1. The second kappa shape index (κ2) is 3.38. The fraction of sp³-hybridized carbons (Fsp3) is 0.273. The maximum atomic E-state index is 10.6. The average Bonchev–Trinajstić information content (AvgIpc) is 2.55. The predicted molar refractivity (Wildman–Crippen MR) is 56.0 cm³/mol. The minimum absolute atomic E-state index is 0.0129. The first-order chi connectivity index (χ1) is 7.09. The first kappa shape index (κ1) is 9.71. The van der Waals surface area contributed by atoms with Crippen molar-refractivity contribution in [2.75, 3.05) is 0 Å². The SMILES string of the molecule is Cc1ccc2c(c1O)N=CC2CC(=O)O. The van der Waals surface area contributed by atoms with Gasteiger partial charge < -0.3 is 10.2 Å². The van der Waals surface area contributed by atoms with Crippen LogP contribution in [0.5, 0.6) is 5.75 Å². The number of phenolic OH excluding ortho intramolecular Hbond substituents is 1. The molecule has 0 amide bonds. The number of hydrogen-bond acceptors (Lipinski definition) is 3. The van der Waals surface area contributed by atoms with Crippen LogP contribution in [-0.4, -0.2) is 22.4 Å². The quantitative estimate of drug-likeness (QED) is 0.775.